The maximum absolute atomic E-state index is 13.6. The fourth-order valence-corrected chi connectivity index (χ4v) is 5.98. The fraction of sp³-hybridized carbons (Fsp3) is 0.379. The van der Waals surface area contributed by atoms with Crippen LogP contribution < -0.4 is 14.8 Å². The Balaban J connectivity index is 1.73. The first-order valence-electron chi connectivity index (χ1n) is 12.3. The van der Waals surface area contributed by atoms with Crippen LogP contribution in [0.3, 0.4) is 0 Å². The summed E-state index contributed by atoms with van der Waals surface area (Å²) in [6.07, 6.45) is 4.66. The number of carbonyl (C=O) groups excluding carboxylic acids is 1. The molecule has 1 atom stereocenters. The van der Waals surface area contributed by atoms with Gasteiger partial charge in [0.25, 0.3) is 5.91 Å². The molecule has 1 amide bonds. The highest BCUT2D eigenvalue weighted by Crippen LogP contribution is 2.45. The van der Waals surface area contributed by atoms with Crippen molar-refractivity contribution in [3.63, 3.8) is 0 Å². The highest BCUT2D eigenvalue weighted by atomic mass is 35.5. The Morgan fingerprint density at radius 2 is 1.97 bits per heavy atom. The Kier molecular flexibility index (Phi) is 8.06. The second kappa shape index (κ2) is 11.1. The number of amides is 1. The van der Waals surface area contributed by atoms with E-state index in [0.29, 0.717) is 45.3 Å². The second-order valence-corrected chi connectivity index (χ2v) is 11.5. The van der Waals surface area contributed by atoms with Gasteiger partial charge in [-0.05, 0) is 79.5 Å². The minimum Gasteiger partial charge on any atom is -0.493 e. The topological polar surface area (TPSA) is 59.9 Å². The van der Waals surface area contributed by atoms with Crippen LogP contribution in [0.15, 0.2) is 47.5 Å². The first-order chi connectivity index (χ1) is 17.2. The van der Waals surface area contributed by atoms with E-state index >= 15 is 0 Å². The summed E-state index contributed by atoms with van der Waals surface area (Å²) in [5, 5.41) is 4.38. The number of thiophene rings is 1. The van der Waals surface area contributed by atoms with E-state index in [1.54, 1.807) is 36.8 Å². The Hall–Kier alpha value is -2.83. The smallest absolute Gasteiger partial charge is 0.259 e. The van der Waals surface area contributed by atoms with Crippen molar-refractivity contribution in [2.75, 3.05) is 19.0 Å². The summed E-state index contributed by atoms with van der Waals surface area (Å²) in [6, 6.07) is 12.9. The van der Waals surface area contributed by atoms with E-state index in [9.17, 15) is 4.79 Å². The van der Waals surface area contributed by atoms with Gasteiger partial charge in [-0.1, -0.05) is 38.4 Å². The van der Waals surface area contributed by atoms with Crippen molar-refractivity contribution in [2.45, 2.75) is 47.0 Å². The summed E-state index contributed by atoms with van der Waals surface area (Å²) in [6.45, 7) is 9.33. The number of ether oxygens (including phenoxy) is 2. The zero-order valence-electron chi connectivity index (χ0n) is 21.5. The molecule has 1 aromatic heterocycles. The summed E-state index contributed by atoms with van der Waals surface area (Å²) >= 11 is 7.64. The molecular formula is C29H33ClN2O3S. The quantitative estimate of drug-likeness (QED) is 0.319. The Morgan fingerprint density at radius 3 is 2.64 bits per heavy atom. The lowest BCUT2D eigenvalue weighted by Gasteiger charge is -2.33. The number of carbonyl (C=O) groups is 1. The number of hydrogen-bond acceptors (Lipinski definition) is 5. The van der Waals surface area contributed by atoms with Crippen LogP contribution in [0.5, 0.6) is 11.5 Å². The molecule has 0 saturated carbocycles. The van der Waals surface area contributed by atoms with Crippen LogP contribution >= 0.6 is 22.9 Å². The molecule has 2 aromatic carbocycles. The van der Waals surface area contributed by atoms with Crippen molar-refractivity contribution < 1.29 is 14.3 Å². The number of aliphatic imine (C=N–C) groups is 1. The molecule has 4 rings (SSSR count). The van der Waals surface area contributed by atoms with E-state index < -0.39 is 0 Å². The first-order valence-corrected chi connectivity index (χ1v) is 13.5. The number of methoxy groups -OCH3 is 1. The second-order valence-electron chi connectivity index (χ2n) is 10.0. The summed E-state index contributed by atoms with van der Waals surface area (Å²) in [4.78, 5) is 19.7. The van der Waals surface area contributed by atoms with Crippen LogP contribution in [0.4, 0.5) is 10.7 Å². The maximum Gasteiger partial charge on any atom is 0.259 e. The van der Waals surface area contributed by atoms with E-state index in [2.05, 4.69) is 26.1 Å². The molecule has 0 fully saturated rings. The molecule has 7 heteroatoms. The third-order valence-corrected chi connectivity index (χ3v) is 8.05. The van der Waals surface area contributed by atoms with Crippen LogP contribution in [0.25, 0.3) is 0 Å². The highest BCUT2D eigenvalue weighted by molar-refractivity contribution is 7.16. The van der Waals surface area contributed by atoms with Gasteiger partial charge in [-0.2, -0.15) is 0 Å². The summed E-state index contributed by atoms with van der Waals surface area (Å²) in [5.41, 5.74) is 3.50. The average Bonchev–Trinajstić information content (AvgIpc) is 3.22. The van der Waals surface area contributed by atoms with Crippen LogP contribution in [0.1, 0.15) is 60.5 Å². The van der Waals surface area contributed by atoms with E-state index in [1.807, 2.05) is 37.3 Å². The van der Waals surface area contributed by atoms with Gasteiger partial charge >= 0.3 is 0 Å². The number of benzene rings is 2. The van der Waals surface area contributed by atoms with Gasteiger partial charge in [-0.15, -0.1) is 11.3 Å². The molecule has 3 aromatic rings. The zero-order valence-corrected chi connectivity index (χ0v) is 23.1. The molecule has 0 saturated heterocycles. The molecule has 0 radical (unpaired) electrons. The van der Waals surface area contributed by atoms with Gasteiger partial charge in [0.15, 0.2) is 11.5 Å². The molecule has 0 unspecified atom stereocenters. The number of fused-ring (bicyclic) bond motifs is 1. The Labute approximate surface area is 222 Å². The molecule has 0 bridgehead atoms. The molecule has 0 aliphatic heterocycles. The van der Waals surface area contributed by atoms with Crippen molar-refractivity contribution in [3.8, 4) is 11.5 Å². The molecule has 1 aliphatic rings. The van der Waals surface area contributed by atoms with Crippen molar-refractivity contribution >= 4 is 45.7 Å². The van der Waals surface area contributed by atoms with Gasteiger partial charge in [0.2, 0.25) is 0 Å². The molecule has 1 heterocycles. The van der Waals surface area contributed by atoms with Crippen molar-refractivity contribution in [1.29, 1.82) is 0 Å². The van der Waals surface area contributed by atoms with Gasteiger partial charge in [-0.25, -0.2) is 4.99 Å². The normalized spacial score (nSPS) is 15.6. The number of hydrogen-bond donors (Lipinski definition) is 1. The lowest BCUT2D eigenvalue weighted by Crippen LogP contribution is -2.27. The van der Waals surface area contributed by atoms with Crippen LogP contribution in [-0.2, 0) is 12.8 Å². The standard InChI is InChI=1S/C29H33ClN2O3S/c1-6-35-26-18(8-7-9-23(26)34-5)17-31-28-25(27(33)32-21-13-11-20(30)12-14-21)22-15-10-19(29(2,3)4)16-24(22)36-28/h7-9,11-14,17,19H,6,10,15-16H2,1-5H3,(H,32,33)/t19-/m1/s1. The SMILES string of the molecule is CCOc1c(C=Nc2sc3c(c2C(=O)Nc2ccc(Cl)cc2)CC[C@@H](C(C)(C)C)C3)cccc1OC. The number of para-hydroxylation sites is 1. The molecule has 0 spiro atoms. The number of halogens is 1. The summed E-state index contributed by atoms with van der Waals surface area (Å²) in [7, 11) is 1.62. The lowest BCUT2D eigenvalue weighted by atomic mass is 9.72. The third-order valence-electron chi connectivity index (χ3n) is 6.64. The molecule has 1 aliphatic carbocycles. The van der Waals surface area contributed by atoms with Crippen molar-refractivity contribution in [1.82, 2.24) is 0 Å². The van der Waals surface area contributed by atoms with E-state index in [-0.39, 0.29) is 11.3 Å². The van der Waals surface area contributed by atoms with E-state index in [4.69, 9.17) is 26.1 Å². The van der Waals surface area contributed by atoms with Crippen LogP contribution in [0.2, 0.25) is 5.02 Å². The fourth-order valence-electron chi connectivity index (χ4n) is 4.58. The Morgan fingerprint density at radius 1 is 1.22 bits per heavy atom. The lowest BCUT2D eigenvalue weighted by molar-refractivity contribution is 0.102. The van der Waals surface area contributed by atoms with Gasteiger partial charge in [-0.3, -0.25) is 4.79 Å². The number of nitrogens with zero attached hydrogens (tertiary/aromatic N) is 1. The molecular weight excluding hydrogens is 492 g/mol. The third kappa shape index (κ3) is 5.76. The number of rotatable bonds is 7. The predicted molar refractivity (Wildman–Crippen MR) is 150 cm³/mol. The van der Waals surface area contributed by atoms with E-state index in [1.165, 1.54) is 4.88 Å². The minimum atomic E-state index is -0.146. The average molecular weight is 525 g/mol. The first kappa shape index (κ1) is 26.2. The van der Waals surface area contributed by atoms with Gasteiger partial charge < -0.3 is 14.8 Å². The monoisotopic (exact) mass is 524 g/mol. The minimum absolute atomic E-state index is 0.146. The largest absolute Gasteiger partial charge is 0.493 e. The molecule has 190 valence electrons. The Bertz CT molecular complexity index is 1260. The zero-order chi connectivity index (χ0) is 25.9. The number of nitrogens with one attached hydrogen (secondary N) is 1. The van der Waals surface area contributed by atoms with Gasteiger partial charge in [0.05, 0.1) is 19.3 Å². The van der Waals surface area contributed by atoms with Gasteiger partial charge in [0.1, 0.15) is 5.00 Å². The van der Waals surface area contributed by atoms with Crippen LogP contribution in [0, 0.1) is 11.3 Å². The van der Waals surface area contributed by atoms with Gasteiger partial charge in [0, 0.05) is 27.4 Å². The molecule has 5 nitrogen and oxygen atoms in total. The molecule has 36 heavy (non-hydrogen) atoms. The predicted octanol–water partition coefficient (Wildman–Crippen LogP) is 7.96. The van der Waals surface area contributed by atoms with Crippen molar-refractivity contribution in [2.24, 2.45) is 16.3 Å². The van der Waals surface area contributed by atoms with Crippen LogP contribution in [-0.4, -0.2) is 25.8 Å². The summed E-state index contributed by atoms with van der Waals surface area (Å²) < 4.78 is 11.3. The summed E-state index contributed by atoms with van der Waals surface area (Å²) in [5.74, 6) is 1.72. The van der Waals surface area contributed by atoms with Crippen molar-refractivity contribution in [3.05, 3.63) is 69.1 Å². The van der Waals surface area contributed by atoms with E-state index in [0.717, 1.165) is 30.4 Å². The molecule has 1 N–H and O–H groups in total. The maximum atomic E-state index is 13.6. The highest BCUT2D eigenvalue weighted by Gasteiger charge is 2.33. The number of anilines is 1.